The lowest BCUT2D eigenvalue weighted by molar-refractivity contribution is 0.0643. The van der Waals surface area contributed by atoms with Gasteiger partial charge in [-0.2, -0.15) is 0 Å². The Balaban J connectivity index is 2.03. The topological polar surface area (TPSA) is 23.6 Å². The van der Waals surface area contributed by atoms with Crippen LogP contribution in [0.5, 0.6) is 0 Å². The molecule has 1 saturated heterocycles. The van der Waals surface area contributed by atoms with Crippen LogP contribution >= 0.6 is 45.8 Å². The van der Waals surface area contributed by atoms with Crippen LogP contribution < -0.4 is 0 Å². The van der Waals surface area contributed by atoms with E-state index in [9.17, 15) is 4.79 Å². The number of alkyl halides is 1. The highest BCUT2D eigenvalue weighted by atomic mass is 127. The molecule has 1 aliphatic heterocycles. The maximum atomic E-state index is 12.5. The molecule has 0 spiro atoms. The maximum Gasteiger partial charge on any atom is 0.255 e. The minimum Gasteiger partial charge on any atom is -0.336 e. The highest BCUT2D eigenvalue weighted by Gasteiger charge is 2.23. The summed E-state index contributed by atoms with van der Waals surface area (Å²) in [4.78, 5) is 16.6. The molecule has 0 aliphatic carbocycles. The van der Waals surface area contributed by atoms with Crippen molar-refractivity contribution in [2.75, 3.05) is 38.6 Å². The first-order valence-electron chi connectivity index (χ1n) is 6.14. The van der Waals surface area contributed by atoms with Gasteiger partial charge in [0.05, 0.1) is 5.56 Å². The molecule has 1 heterocycles. The standard InChI is InChI=1S/C13H15Cl2IN2O/c14-3-4-17-5-7-18(8-6-17)13(19)11-9-10(15)1-2-12(11)16/h1-2,9H,3-8H2. The summed E-state index contributed by atoms with van der Waals surface area (Å²) in [5, 5.41) is 0.601. The number of benzene rings is 1. The summed E-state index contributed by atoms with van der Waals surface area (Å²) in [7, 11) is 0. The second-order valence-corrected chi connectivity index (χ2v) is 6.42. The van der Waals surface area contributed by atoms with Gasteiger partial charge in [0.1, 0.15) is 0 Å². The highest BCUT2D eigenvalue weighted by Crippen LogP contribution is 2.20. The van der Waals surface area contributed by atoms with Gasteiger partial charge < -0.3 is 4.90 Å². The van der Waals surface area contributed by atoms with Crippen LogP contribution in [-0.4, -0.2) is 54.3 Å². The van der Waals surface area contributed by atoms with Crippen LogP contribution in [0.3, 0.4) is 0 Å². The van der Waals surface area contributed by atoms with Gasteiger partial charge in [0.25, 0.3) is 5.91 Å². The molecule has 0 bridgehead atoms. The lowest BCUT2D eigenvalue weighted by atomic mass is 10.2. The number of piperazine rings is 1. The Labute approximate surface area is 137 Å². The molecule has 1 aromatic carbocycles. The molecule has 1 amide bonds. The van der Waals surface area contributed by atoms with Gasteiger partial charge >= 0.3 is 0 Å². The van der Waals surface area contributed by atoms with Crippen molar-refractivity contribution in [3.8, 4) is 0 Å². The largest absolute Gasteiger partial charge is 0.336 e. The number of carbonyl (C=O) groups is 1. The molecule has 19 heavy (non-hydrogen) atoms. The minimum atomic E-state index is 0.0671. The minimum absolute atomic E-state index is 0.0671. The second-order valence-electron chi connectivity index (χ2n) is 4.45. The fourth-order valence-electron chi connectivity index (χ4n) is 2.13. The van der Waals surface area contributed by atoms with E-state index >= 15 is 0 Å². The molecule has 3 nitrogen and oxygen atoms in total. The van der Waals surface area contributed by atoms with Crippen molar-refractivity contribution in [3.05, 3.63) is 32.4 Å². The fourth-order valence-corrected chi connectivity index (χ4v) is 3.10. The Morgan fingerprint density at radius 3 is 2.58 bits per heavy atom. The van der Waals surface area contributed by atoms with E-state index in [0.717, 1.165) is 36.3 Å². The van der Waals surface area contributed by atoms with Gasteiger partial charge in [-0.1, -0.05) is 11.6 Å². The molecule has 1 aromatic rings. The number of hydrogen-bond donors (Lipinski definition) is 0. The second kappa shape index (κ2) is 7.11. The molecule has 0 unspecified atom stereocenters. The Hall–Kier alpha value is -0.0400. The van der Waals surface area contributed by atoms with E-state index in [4.69, 9.17) is 23.2 Å². The third-order valence-corrected chi connectivity index (χ3v) is 4.56. The first-order chi connectivity index (χ1) is 9.11. The van der Waals surface area contributed by atoms with E-state index < -0.39 is 0 Å². The van der Waals surface area contributed by atoms with Crippen molar-refractivity contribution >= 4 is 51.7 Å². The number of amides is 1. The number of rotatable bonds is 3. The summed E-state index contributed by atoms with van der Waals surface area (Å²) in [5.74, 6) is 0.706. The third kappa shape index (κ3) is 3.97. The van der Waals surface area contributed by atoms with Gasteiger partial charge in [0.2, 0.25) is 0 Å². The van der Waals surface area contributed by atoms with Crippen LogP contribution in [0.15, 0.2) is 18.2 Å². The predicted octanol–water partition coefficient (Wildman–Crippen LogP) is 2.94. The molecule has 0 aromatic heterocycles. The lowest BCUT2D eigenvalue weighted by Crippen LogP contribution is -2.49. The molecule has 0 radical (unpaired) electrons. The van der Waals surface area contributed by atoms with Gasteiger partial charge in [-0.25, -0.2) is 0 Å². The fraction of sp³-hybridized carbons (Fsp3) is 0.462. The lowest BCUT2D eigenvalue weighted by Gasteiger charge is -2.34. The van der Waals surface area contributed by atoms with Gasteiger partial charge in [-0.3, -0.25) is 9.69 Å². The van der Waals surface area contributed by atoms with Crippen molar-refractivity contribution < 1.29 is 4.79 Å². The Bertz CT molecular complexity index is 462. The van der Waals surface area contributed by atoms with E-state index in [-0.39, 0.29) is 5.91 Å². The van der Waals surface area contributed by atoms with Crippen LogP contribution in [0.1, 0.15) is 10.4 Å². The number of halogens is 3. The van der Waals surface area contributed by atoms with E-state index in [2.05, 4.69) is 27.5 Å². The molecular formula is C13H15Cl2IN2O. The molecule has 2 rings (SSSR count). The van der Waals surface area contributed by atoms with Crippen LogP contribution in [0.25, 0.3) is 0 Å². The molecular weight excluding hydrogens is 398 g/mol. The van der Waals surface area contributed by atoms with Crippen molar-refractivity contribution in [1.82, 2.24) is 9.80 Å². The van der Waals surface area contributed by atoms with Crippen LogP contribution in [0, 0.1) is 3.57 Å². The van der Waals surface area contributed by atoms with Crippen LogP contribution in [0.4, 0.5) is 0 Å². The van der Waals surface area contributed by atoms with Crippen molar-refractivity contribution in [2.45, 2.75) is 0 Å². The van der Waals surface area contributed by atoms with E-state index in [1.807, 2.05) is 11.0 Å². The average molecular weight is 413 g/mol. The predicted molar refractivity (Wildman–Crippen MR) is 87.2 cm³/mol. The third-order valence-electron chi connectivity index (χ3n) is 3.22. The number of hydrogen-bond acceptors (Lipinski definition) is 2. The highest BCUT2D eigenvalue weighted by molar-refractivity contribution is 14.1. The average Bonchev–Trinajstić information content (AvgIpc) is 2.42. The Morgan fingerprint density at radius 1 is 1.26 bits per heavy atom. The van der Waals surface area contributed by atoms with Crippen molar-refractivity contribution in [2.24, 2.45) is 0 Å². The molecule has 1 aliphatic rings. The zero-order chi connectivity index (χ0) is 13.8. The molecule has 104 valence electrons. The molecule has 1 fully saturated rings. The monoisotopic (exact) mass is 412 g/mol. The van der Waals surface area contributed by atoms with E-state index in [1.165, 1.54) is 0 Å². The van der Waals surface area contributed by atoms with Crippen LogP contribution in [-0.2, 0) is 0 Å². The van der Waals surface area contributed by atoms with E-state index in [0.29, 0.717) is 16.5 Å². The molecule has 6 heteroatoms. The van der Waals surface area contributed by atoms with Gasteiger partial charge in [0, 0.05) is 47.2 Å². The Kier molecular flexibility index (Phi) is 5.74. The normalized spacial score (nSPS) is 16.7. The summed E-state index contributed by atoms with van der Waals surface area (Å²) in [6.45, 7) is 4.15. The first kappa shape index (κ1) is 15.4. The smallest absolute Gasteiger partial charge is 0.255 e. The van der Waals surface area contributed by atoms with Crippen molar-refractivity contribution in [3.63, 3.8) is 0 Å². The van der Waals surface area contributed by atoms with Crippen LogP contribution in [0.2, 0.25) is 5.02 Å². The van der Waals surface area contributed by atoms with E-state index in [1.54, 1.807) is 12.1 Å². The van der Waals surface area contributed by atoms with Gasteiger partial charge in [0.15, 0.2) is 0 Å². The quantitative estimate of drug-likeness (QED) is 0.562. The Morgan fingerprint density at radius 2 is 1.95 bits per heavy atom. The summed E-state index contributed by atoms with van der Waals surface area (Å²) >= 11 is 13.9. The zero-order valence-electron chi connectivity index (χ0n) is 10.4. The van der Waals surface area contributed by atoms with Gasteiger partial charge in [-0.05, 0) is 40.8 Å². The maximum absolute atomic E-state index is 12.5. The molecule has 0 saturated carbocycles. The summed E-state index contributed by atoms with van der Waals surface area (Å²) in [6.07, 6.45) is 0. The number of nitrogens with zero attached hydrogens (tertiary/aromatic N) is 2. The summed E-state index contributed by atoms with van der Waals surface area (Å²) in [5.41, 5.74) is 0.693. The molecule has 0 N–H and O–H groups in total. The SMILES string of the molecule is O=C(c1cc(Cl)ccc1I)N1CCN(CCCl)CC1. The number of carbonyl (C=O) groups excluding carboxylic acids is 1. The first-order valence-corrected chi connectivity index (χ1v) is 8.13. The summed E-state index contributed by atoms with van der Waals surface area (Å²) in [6, 6.07) is 5.43. The van der Waals surface area contributed by atoms with Crippen molar-refractivity contribution in [1.29, 1.82) is 0 Å². The van der Waals surface area contributed by atoms with Gasteiger partial charge in [-0.15, -0.1) is 11.6 Å². The summed E-state index contributed by atoms with van der Waals surface area (Å²) < 4.78 is 0.940. The molecule has 0 atom stereocenters. The zero-order valence-corrected chi connectivity index (χ0v) is 14.1.